The summed E-state index contributed by atoms with van der Waals surface area (Å²) in [6, 6.07) is 25.5. The Morgan fingerprint density at radius 2 is 0.853 bits per heavy atom. The predicted octanol–water partition coefficient (Wildman–Crippen LogP) is 5.67. The third kappa shape index (κ3) is 6.27. The van der Waals surface area contributed by atoms with Crippen molar-refractivity contribution in [3.05, 3.63) is 84.9 Å². The number of hydrogen-bond donors (Lipinski definition) is 0. The van der Waals surface area contributed by atoms with Crippen LogP contribution in [0.15, 0.2) is 84.9 Å². The van der Waals surface area contributed by atoms with Crippen LogP contribution in [-0.2, 0) is 20.2 Å². The first kappa shape index (κ1) is 24.0. The molecule has 6 nitrogen and oxygen atoms in total. The van der Waals surface area contributed by atoms with Crippen LogP contribution in [0.1, 0.15) is 25.7 Å². The molecular formula is C26H26O6S2. The zero-order valence-corrected chi connectivity index (χ0v) is 20.2. The smallest absolute Gasteiger partial charge is 0.309 e. The molecule has 0 aliphatic heterocycles. The molecular weight excluding hydrogens is 472 g/mol. The van der Waals surface area contributed by atoms with Crippen LogP contribution < -0.4 is 8.37 Å². The topological polar surface area (TPSA) is 86.7 Å². The highest BCUT2D eigenvalue weighted by Gasteiger charge is 2.16. The third-order valence-electron chi connectivity index (χ3n) is 5.47. The van der Waals surface area contributed by atoms with Gasteiger partial charge in [0.25, 0.3) is 0 Å². The van der Waals surface area contributed by atoms with Gasteiger partial charge in [0.15, 0.2) is 0 Å². The first-order chi connectivity index (χ1) is 16.3. The third-order valence-corrected chi connectivity index (χ3v) is 7.92. The Morgan fingerprint density at radius 1 is 0.471 bits per heavy atom. The fourth-order valence-electron chi connectivity index (χ4n) is 3.80. The molecule has 0 saturated heterocycles. The van der Waals surface area contributed by atoms with Crippen molar-refractivity contribution < 1.29 is 25.2 Å². The van der Waals surface area contributed by atoms with E-state index >= 15 is 0 Å². The second kappa shape index (κ2) is 10.4. The predicted molar refractivity (Wildman–Crippen MR) is 135 cm³/mol. The summed E-state index contributed by atoms with van der Waals surface area (Å²) in [5, 5.41) is 3.29. The molecule has 0 spiro atoms. The van der Waals surface area contributed by atoms with Crippen molar-refractivity contribution in [2.75, 3.05) is 11.5 Å². The van der Waals surface area contributed by atoms with E-state index in [0.29, 0.717) is 37.2 Å². The quantitative estimate of drug-likeness (QED) is 0.196. The molecule has 0 unspecified atom stereocenters. The molecule has 0 fully saturated rings. The lowest BCUT2D eigenvalue weighted by atomic mass is 10.1. The average molecular weight is 499 g/mol. The van der Waals surface area contributed by atoms with Gasteiger partial charge in [0.05, 0.1) is 11.5 Å². The normalized spacial score (nSPS) is 12.1. The first-order valence-electron chi connectivity index (χ1n) is 11.1. The molecule has 0 amide bonds. The van der Waals surface area contributed by atoms with Gasteiger partial charge in [-0.05, 0) is 35.7 Å². The van der Waals surface area contributed by atoms with Crippen LogP contribution >= 0.6 is 0 Å². The Hall–Kier alpha value is -3.10. The molecule has 0 bridgehead atoms. The zero-order valence-electron chi connectivity index (χ0n) is 18.6. The number of rotatable bonds is 11. The van der Waals surface area contributed by atoms with Crippen LogP contribution in [0, 0.1) is 0 Å². The van der Waals surface area contributed by atoms with E-state index in [1.165, 1.54) is 0 Å². The van der Waals surface area contributed by atoms with Gasteiger partial charge in [0.2, 0.25) is 0 Å². The van der Waals surface area contributed by atoms with Crippen molar-refractivity contribution in [1.29, 1.82) is 0 Å². The molecule has 0 heterocycles. The van der Waals surface area contributed by atoms with Gasteiger partial charge < -0.3 is 8.37 Å². The van der Waals surface area contributed by atoms with E-state index in [0.717, 1.165) is 21.5 Å². The van der Waals surface area contributed by atoms with Gasteiger partial charge in [0.1, 0.15) is 11.5 Å². The Balaban J connectivity index is 1.23. The Bertz CT molecular complexity index is 1370. The SMILES string of the molecule is O=S(=O)(CCCCCCS(=O)(=O)Oc1cccc2ccccc12)Oc1cccc2ccccc12. The standard InChI is InChI=1S/C26H26O6S2/c27-33(28,31-25-17-9-13-21-11-3-5-15-23(21)25)19-7-1-2-8-20-34(29,30)32-26-18-10-14-22-12-4-6-16-24(22)26/h3-6,9-18H,1-2,7-8,19-20H2. The monoisotopic (exact) mass is 498 g/mol. The molecule has 4 aromatic rings. The molecule has 178 valence electrons. The van der Waals surface area contributed by atoms with Crippen LogP contribution in [0.5, 0.6) is 11.5 Å². The maximum atomic E-state index is 12.4. The molecule has 8 heteroatoms. The van der Waals surface area contributed by atoms with E-state index in [-0.39, 0.29) is 11.5 Å². The largest absolute Gasteiger partial charge is 0.382 e. The summed E-state index contributed by atoms with van der Waals surface area (Å²) < 4.78 is 60.3. The summed E-state index contributed by atoms with van der Waals surface area (Å²) in [5.41, 5.74) is 0. The summed E-state index contributed by atoms with van der Waals surface area (Å²) in [6.07, 6.45) is 1.92. The number of hydrogen-bond acceptors (Lipinski definition) is 6. The minimum absolute atomic E-state index is 0.129. The van der Waals surface area contributed by atoms with Crippen LogP contribution in [-0.4, -0.2) is 28.3 Å². The molecule has 4 aromatic carbocycles. The highest BCUT2D eigenvalue weighted by atomic mass is 32.2. The van der Waals surface area contributed by atoms with E-state index in [2.05, 4.69) is 0 Å². The summed E-state index contributed by atoms with van der Waals surface area (Å²) in [6.45, 7) is 0. The Morgan fingerprint density at radius 3 is 1.29 bits per heavy atom. The molecule has 0 atom stereocenters. The van der Waals surface area contributed by atoms with E-state index in [4.69, 9.17) is 8.37 Å². The van der Waals surface area contributed by atoms with Gasteiger partial charge in [-0.25, -0.2) is 0 Å². The van der Waals surface area contributed by atoms with E-state index < -0.39 is 20.2 Å². The Labute approximate surface area is 200 Å². The van der Waals surface area contributed by atoms with E-state index in [1.807, 2.05) is 60.7 Å². The lowest BCUT2D eigenvalue weighted by molar-refractivity contribution is 0.479. The van der Waals surface area contributed by atoms with Gasteiger partial charge in [0, 0.05) is 10.8 Å². The van der Waals surface area contributed by atoms with Gasteiger partial charge in [-0.15, -0.1) is 0 Å². The Kier molecular flexibility index (Phi) is 7.38. The second-order valence-electron chi connectivity index (χ2n) is 8.06. The molecule has 0 aliphatic carbocycles. The van der Waals surface area contributed by atoms with Crippen molar-refractivity contribution in [1.82, 2.24) is 0 Å². The minimum Gasteiger partial charge on any atom is -0.382 e. The van der Waals surface area contributed by atoms with E-state index in [9.17, 15) is 16.8 Å². The molecule has 0 saturated carbocycles. The molecule has 0 radical (unpaired) electrons. The van der Waals surface area contributed by atoms with Gasteiger partial charge in [-0.1, -0.05) is 85.6 Å². The molecule has 4 rings (SSSR count). The number of benzene rings is 4. The lowest BCUT2D eigenvalue weighted by Crippen LogP contribution is -2.15. The molecule has 0 aromatic heterocycles. The van der Waals surface area contributed by atoms with E-state index in [1.54, 1.807) is 24.3 Å². The fraction of sp³-hybridized carbons (Fsp3) is 0.231. The van der Waals surface area contributed by atoms with Crippen molar-refractivity contribution in [3.8, 4) is 11.5 Å². The highest BCUT2D eigenvalue weighted by molar-refractivity contribution is 7.87. The van der Waals surface area contributed by atoms with Crippen molar-refractivity contribution in [2.45, 2.75) is 25.7 Å². The maximum Gasteiger partial charge on any atom is 0.309 e. The van der Waals surface area contributed by atoms with Crippen molar-refractivity contribution in [2.24, 2.45) is 0 Å². The first-order valence-corrected chi connectivity index (χ1v) is 14.3. The fourth-order valence-corrected chi connectivity index (χ4v) is 5.92. The summed E-state index contributed by atoms with van der Waals surface area (Å²) in [5.74, 6) is 0.370. The lowest BCUT2D eigenvalue weighted by Gasteiger charge is -2.10. The molecule has 34 heavy (non-hydrogen) atoms. The molecule has 0 N–H and O–H groups in total. The minimum atomic E-state index is -3.75. The van der Waals surface area contributed by atoms with Crippen molar-refractivity contribution >= 4 is 41.8 Å². The summed E-state index contributed by atoms with van der Waals surface area (Å²) in [7, 11) is -7.49. The molecule has 0 aliphatic rings. The van der Waals surface area contributed by atoms with Crippen LogP contribution in [0.2, 0.25) is 0 Å². The summed E-state index contributed by atoms with van der Waals surface area (Å²) in [4.78, 5) is 0. The van der Waals surface area contributed by atoms with Crippen molar-refractivity contribution in [3.63, 3.8) is 0 Å². The van der Waals surface area contributed by atoms with Gasteiger partial charge in [-0.3, -0.25) is 0 Å². The second-order valence-corrected chi connectivity index (χ2v) is 11.4. The van der Waals surface area contributed by atoms with Crippen LogP contribution in [0.3, 0.4) is 0 Å². The van der Waals surface area contributed by atoms with Gasteiger partial charge >= 0.3 is 20.2 Å². The number of fused-ring (bicyclic) bond motifs is 2. The van der Waals surface area contributed by atoms with Gasteiger partial charge in [-0.2, -0.15) is 16.8 Å². The maximum absolute atomic E-state index is 12.4. The number of unbranched alkanes of at least 4 members (excludes halogenated alkanes) is 3. The zero-order chi connectivity index (χ0) is 24.0. The average Bonchev–Trinajstić information content (AvgIpc) is 2.81. The van der Waals surface area contributed by atoms with Crippen LogP contribution in [0.4, 0.5) is 0 Å². The highest BCUT2D eigenvalue weighted by Crippen LogP contribution is 2.28. The van der Waals surface area contributed by atoms with Crippen LogP contribution in [0.25, 0.3) is 21.5 Å². The summed E-state index contributed by atoms with van der Waals surface area (Å²) >= 11 is 0.